The van der Waals surface area contributed by atoms with E-state index in [-0.39, 0.29) is 5.43 Å². The number of hydrogen-bond donors (Lipinski definition) is 0. The Kier molecular flexibility index (Phi) is 10.4. The van der Waals surface area contributed by atoms with E-state index >= 15 is 0 Å². The maximum atomic E-state index is 2.32. The van der Waals surface area contributed by atoms with Gasteiger partial charge in [-0.05, 0) is 12.0 Å². The Morgan fingerprint density at radius 3 is 2.03 bits per heavy atom. The molecule has 0 atom stereocenters. The molecular formula is C29H36SiZr. The molecule has 0 saturated carbocycles. The van der Waals surface area contributed by atoms with Crippen molar-refractivity contribution in [1.29, 1.82) is 0 Å². The Hall–Kier alpha value is -1.50. The van der Waals surface area contributed by atoms with E-state index < -0.39 is 0 Å². The van der Waals surface area contributed by atoms with Crippen LogP contribution in [0.25, 0.3) is 21.9 Å². The number of fused-ring (bicyclic) bond motifs is 1. The molecule has 0 saturated heterocycles. The van der Waals surface area contributed by atoms with Crippen LogP contribution in [-0.4, -0.2) is 5.43 Å². The molecule has 0 N–H and O–H groups in total. The number of hydrogen-bond acceptors (Lipinski definition) is 0. The number of rotatable bonds is 3. The SMILES string of the molecule is CCCc1cccc(-c2c[cH-]c3ccccc23)c1.C[Si](C)=[Zr+2].Cc1[cH-]c(C)c(C)c1C. The van der Waals surface area contributed by atoms with E-state index in [1.54, 1.807) is 23.3 Å². The van der Waals surface area contributed by atoms with Crippen LogP contribution < -0.4 is 0 Å². The summed E-state index contributed by atoms with van der Waals surface area (Å²) in [5.74, 6) is 0. The molecule has 4 rings (SSSR count). The molecule has 0 heterocycles. The first-order chi connectivity index (χ1) is 14.7. The second kappa shape index (κ2) is 12.5. The fraction of sp³-hybridized carbons (Fsp3) is 0.310. The summed E-state index contributed by atoms with van der Waals surface area (Å²) in [7, 11) is 0. The van der Waals surface area contributed by atoms with Crippen molar-refractivity contribution in [1.82, 2.24) is 0 Å². The van der Waals surface area contributed by atoms with Gasteiger partial charge in [-0.2, -0.15) is 28.3 Å². The predicted octanol–water partition coefficient (Wildman–Crippen LogP) is 8.60. The van der Waals surface area contributed by atoms with Gasteiger partial charge in [-0.25, -0.2) is 0 Å². The predicted molar refractivity (Wildman–Crippen MR) is 137 cm³/mol. The molecule has 0 nitrogen and oxygen atoms in total. The summed E-state index contributed by atoms with van der Waals surface area (Å²) in [6, 6.07) is 24.2. The minimum atomic E-state index is 0.210. The summed E-state index contributed by atoms with van der Waals surface area (Å²) in [6.45, 7) is 15.5. The first kappa shape index (κ1) is 25.8. The minimum Gasteiger partial charge on any atom is -0.196 e. The van der Waals surface area contributed by atoms with Gasteiger partial charge in [0.1, 0.15) is 0 Å². The molecule has 160 valence electrons. The maximum Gasteiger partial charge on any atom is -0.0632 e. The molecule has 2 heteroatoms. The number of aryl methyl sites for hydroxylation is 3. The zero-order valence-corrected chi connectivity index (χ0v) is 23.7. The van der Waals surface area contributed by atoms with E-state index in [2.05, 4.69) is 114 Å². The molecule has 4 aromatic carbocycles. The Bertz CT molecular complexity index is 1100. The van der Waals surface area contributed by atoms with Gasteiger partial charge in [0, 0.05) is 0 Å². The van der Waals surface area contributed by atoms with Crippen LogP contribution in [0.3, 0.4) is 0 Å². The zero-order valence-electron chi connectivity index (χ0n) is 20.3. The third kappa shape index (κ3) is 7.55. The zero-order chi connectivity index (χ0) is 23.0. The van der Waals surface area contributed by atoms with Crippen LogP contribution in [0.1, 0.15) is 41.2 Å². The van der Waals surface area contributed by atoms with Crippen LogP contribution in [0.2, 0.25) is 13.1 Å². The average molecular weight is 504 g/mol. The van der Waals surface area contributed by atoms with Gasteiger partial charge in [0.25, 0.3) is 0 Å². The molecular weight excluding hydrogens is 468 g/mol. The summed E-state index contributed by atoms with van der Waals surface area (Å²) >= 11 is 1.74. The van der Waals surface area contributed by atoms with Crippen LogP contribution >= 0.6 is 0 Å². The van der Waals surface area contributed by atoms with Crippen molar-refractivity contribution in [2.45, 2.75) is 60.6 Å². The number of benzene rings is 2. The van der Waals surface area contributed by atoms with Gasteiger partial charge in [0.05, 0.1) is 0 Å². The van der Waals surface area contributed by atoms with E-state index in [9.17, 15) is 0 Å². The van der Waals surface area contributed by atoms with Gasteiger partial charge in [0.2, 0.25) is 0 Å². The molecule has 0 amide bonds. The molecule has 0 fully saturated rings. The standard InChI is InChI=1S/C18H17.C9H13.C2H6Si.Zr/c1-2-6-14-7-5-9-16(13-14)18-12-11-15-8-3-4-10-17(15)18;1-6-5-7(2)9(4)8(6)3;1-3-2;/h3-5,7-13H,2,6H2,1H3;5H,1-4H3;1-2H3;/q2*-1;;+2. The second-order valence-corrected chi connectivity index (χ2v) is 17.9. The van der Waals surface area contributed by atoms with Crippen molar-refractivity contribution in [3.63, 3.8) is 0 Å². The Balaban J connectivity index is 0.000000220. The van der Waals surface area contributed by atoms with Crippen LogP contribution in [0, 0.1) is 27.7 Å². The quantitative estimate of drug-likeness (QED) is 0.194. The van der Waals surface area contributed by atoms with Crippen LogP contribution in [0.5, 0.6) is 0 Å². The van der Waals surface area contributed by atoms with Gasteiger partial charge in [-0.1, -0.05) is 76.9 Å². The monoisotopic (exact) mass is 502 g/mol. The van der Waals surface area contributed by atoms with Gasteiger partial charge < -0.3 is 0 Å². The van der Waals surface area contributed by atoms with Gasteiger partial charge >= 0.3 is 41.9 Å². The Morgan fingerprint density at radius 2 is 1.48 bits per heavy atom. The second-order valence-electron chi connectivity index (χ2n) is 8.54. The van der Waals surface area contributed by atoms with E-state index in [1.165, 1.54) is 56.1 Å². The topological polar surface area (TPSA) is 0 Å². The fourth-order valence-corrected chi connectivity index (χ4v) is 3.72. The average Bonchev–Trinajstić information content (AvgIpc) is 3.25. The van der Waals surface area contributed by atoms with Crippen molar-refractivity contribution in [2.75, 3.05) is 0 Å². The molecule has 0 aliphatic rings. The Labute approximate surface area is 204 Å². The van der Waals surface area contributed by atoms with Crippen molar-refractivity contribution in [3.8, 4) is 11.1 Å². The first-order valence-corrected chi connectivity index (χ1v) is 17.4. The summed E-state index contributed by atoms with van der Waals surface area (Å²) in [5.41, 5.74) is 10.1. The molecule has 0 spiro atoms. The van der Waals surface area contributed by atoms with Crippen molar-refractivity contribution in [2.24, 2.45) is 0 Å². The smallest absolute Gasteiger partial charge is 0.0632 e. The molecule has 0 aliphatic carbocycles. The summed E-state index contributed by atoms with van der Waals surface area (Å²) in [6.07, 6.45) is 2.36. The molecule has 4 aromatic rings. The van der Waals surface area contributed by atoms with Crippen LogP contribution in [0.4, 0.5) is 0 Å². The molecule has 31 heavy (non-hydrogen) atoms. The normalized spacial score (nSPS) is 10.2. The van der Waals surface area contributed by atoms with Crippen molar-refractivity contribution in [3.05, 3.63) is 94.5 Å². The largest absolute Gasteiger partial charge is 0.196 e. The van der Waals surface area contributed by atoms with E-state index in [0.717, 1.165) is 6.42 Å². The summed E-state index contributed by atoms with van der Waals surface area (Å²) in [4.78, 5) is 0. The van der Waals surface area contributed by atoms with E-state index in [4.69, 9.17) is 0 Å². The molecule has 0 aliphatic heterocycles. The minimum absolute atomic E-state index is 0.210. The third-order valence-electron chi connectivity index (χ3n) is 5.64. The molecule has 0 bridgehead atoms. The first-order valence-electron chi connectivity index (χ1n) is 11.2. The fourth-order valence-electron chi connectivity index (χ4n) is 3.72. The van der Waals surface area contributed by atoms with Crippen LogP contribution in [-0.2, 0) is 29.8 Å². The third-order valence-corrected chi connectivity index (χ3v) is 5.64. The summed E-state index contributed by atoms with van der Waals surface area (Å²) in [5, 5.41) is 2.68. The molecule has 0 aromatic heterocycles. The van der Waals surface area contributed by atoms with Crippen molar-refractivity contribution >= 4 is 16.2 Å². The van der Waals surface area contributed by atoms with E-state index in [0.29, 0.717) is 0 Å². The van der Waals surface area contributed by atoms with E-state index in [1.807, 2.05) is 0 Å². The summed E-state index contributed by atoms with van der Waals surface area (Å²) < 4.78 is 0. The Morgan fingerprint density at radius 1 is 0.871 bits per heavy atom. The van der Waals surface area contributed by atoms with Gasteiger partial charge in [-0.3, -0.25) is 0 Å². The van der Waals surface area contributed by atoms with Gasteiger partial charge in [0.15, 0.2) is 0 Å². The van der Waals surface area contributed by atoms with Crippen molar-refractivity contribution < 1.29 is 23.3 Å². The van der Waals surface area contributed by atoms with Crippen LogP contribution in [0.15, 0.2) is 66.7 Å². The molecule has 0 radical (unpaired) electrons. The maximum absolute atomic E-state index is 2.32. The van der Waals surface area contributed by atoms with Gasteiger partial charge in [-0.15, -0.1) is 46.7 Å². The molecule has 0 unspecified atom stereocenters.